The molecule has 0 aromatic carbocycles. The highest BCUT2D eigenvalue weighted by Gasteiger charge is 2.24. The Balaban J connectivity index is 2.41. The summed E-state index contributed by atoms with van der Waals surface area (Å²) in [5, 5.41) is 13.8. The van der Waals surface area contributed by atoms with Crippen molar-refractivity contribution >= 4 is 33.3 Å². The normalized spacial score (nSPS) is 10.2. The third-order valence-electron chi connectivity index (χ3n) is 2.14. The van der Waals surface area contributed by atoms with E-state index in [0.717, 1.165) is 0 Å². The molecule has 0 spiro atoms. The number of hydrogen-bond donors (Lipinski definition) is 1. The van der Waals surface area contributed by atoms with Crippen LogP contribution in [-0.4, -0.2) is 19.5 Å². The van der Waals surface area contributed by atoms with Crippen molar-refractivity contribution in [2.75, 3.05) is 5.32 Å². The molecule has 1 N–H and O–H groups in total. The largest absolute Gasteiger partial charge is 0.408 e. The predicted molar refractivity (Wildman–Crippen MR) is 65.1 cm³/mol. The Morgan fingerprint density at radius 3 is 2.71 bits per heavy atom. The fourth-order valence-corrected chi connectivity index (χ4v) is 1.64. The number of pyridine rings is 1. The van der Waals surface area contributed by atoms with Crippen molar-refractivity contribution < 1.29 is 4.92 Å². The van der Waals surface area contributed by atoms with E-state index in [1.54, 1.807) is 36.1 Å². The highest BCUT2D eigenvalue weighted by molar-refractivity contribution is 9.10. The third kappa shape index (κ3) is 2.26. The van der Waals surface area contributed by atoms with Gasteiger partial charge in [-0.15, -0.1) is 0 Å². The molecule has 2 rings (SSSR count). The minimum Gasteiger partial charge on any atom is -0.358 e. The molecule has 0 unspecified atom stereocenters. The fraction of sp³-hybridized carbons (Fsp3) is 0.111. The number of hydrogen-bond acceptors (Lipinski definition) is 5. The number of nitrogens with one attached hydrogen (secondary N) is 1. The van der Waals surface area contributed by atoms with Crippen LogP contribution in [0.1, 0.15) is 0 Å². The van der Waals surface area contributed by atoms with Gasteiger partial charge in [-0.3, -0.25) is 9.55 Å². The number of nitrogens with zero attached hydrogens (tertiary/aromatic N) is 4. The number of nitro groups is 1. The molecular formula is C9H8BrN5O2. The molecule has 0 aliphatic rings. The second-order valence-electron chi connectivity index (χ2n) is 3.23. The van der Waals surface area contributed by atoms with E-state index in [1.807, 2.05) is 0 Å². The minimum absolute atomic E-state index is 0.226. The number of aromatic nitrogens is 3. The van der Waals surface area contributed by atoms with Gasteiger partial charge >= 0.3 is 5.82 Å². The highest BCUT2D eigenvalue weighted by atomic mass is 79.9. The molecule has 0 fully saturated rings. The van der Waals surface area contributed by atoms with Crippen LogP contribution >= 0.6 is 15.9 Å². The molecule has 8 heteroatoms. The van der Waals surface area contributed by atoms with Crippen LogP contribution < -0.4 is 5.32 Å². The molecule has 7 nitrogen and oxygen atoms in total. The molecule has 0 saturated heterocycles. The number of rotatable bonds is 3. The van der Waals surface area contributed by atoms with Crippen LogP contribution in [0.2, 0.25) is 0 Å². The first kappa shape index (κ1) is 11.5. The molecule has 0 aliphatic heterocycles. The van der Waals surface area contributed by atoms with Crippen LogP contribution in [0.4, 0.5) is 17.3 Å². The predicted octanol–water partition coefficient (Wildman–Crippen LogP) is 2.23. The lowest BCUT2D eigenvalue weighted by Gasteiger charge is -2.05. The summed E-state index contributed by atoms with van der Waals surface area (Å²) in [6, 6.07) is 3.43. The molecule has 2 heterocycles. The van der Waals surface area contributed by atoms with Crippen molar-refractivity contribution in [1.82, 2.24) is 14.5 Å². The smallest absolute Gasteiger partial charge is 0.358 e. The Morgan fingerprint density at radius 1 is 1.47 bits per heavy atom. The molecule has 0 aliphatic carbocycles. The molecule has 88 valence electrons. The summed E-state index contributed by atoms with van der Waals surface area (Å²) >= 11 is 3.14. The summed E-state index contributed by atoms with van der Waals surface area (Å²) in [6.07, 6.45) is 3.19. The molecule has 2 aromatic rings. The Hall–Kier alpha value is -1.96. The van der Waals surface area contributed by atoms with Crippen molar-refractivity contribution in [3.8, 4) is 0 Å². The zero-order valence-electron chi connectivity index (χ0n) is 8.79. The van der Waals surface area contributed by atoms with Gasteiger partial charge in [0.2, 0.25) is 5.82 Å². The Kier molecular flexibility index (Phi) is 3.05. The van der Waals surface area contributed by atoms with Gasteiger partial charge in [0.25, 0.3) is 4.73 Å². The standard InChI is InChI=1S/C9H8BrN5O2/c1-14-7(8(15(16)17)13-9(14)10)12-6-2-4-11-5-3-6/h2-5H,1H3,(H,11,12). The van der Waals surface area contributed by atoms with E-state index >= 15 is 0 Å². The maximum Gasteiger partial charge on any atom is 0.408 e. The summed E-state index contributed by atoms with van der Waals surface area (Å²) in [6.45, 7) is 0. The van der Waals surface area contributed by atoms with Gasteiger partial charge in [-0.25, -0.2) is 0 Å². The van der Waals surface area contributed by atoms with Gasteiger partial charge in [0.1, 0.15) is 0 Å². The van der Waals surface area contributed by atoms with Crippen molar-refractivity contribution in [3.05, 3.63) is 39.4 Å². The van der Waals surface area contributed by atoms with Gasteiger partial charge in [-0.2, -0.15) is 0 Å². The highest BCUT2D eigenvalue weighted by Crippen LogP contribution is 2.29. The summed E-state index contributed by atoms with van der Waals surface area (Å²) in [4.78, 5) is 18.0. The first-order valence-electron chi connectivity index (χ1n) is 4.63. The minimum atomic E-state index is -0.533. The maximum atomic E-state index is 10.8. The van der Waals surface area contributed by atoms with E-state index in [9.17, 15) is 10.1 Å². The number of anilines is 2. The second kappa shape index (κ2) is 4.50. The third-order valence-corrected chi connectivity index (χ3v) is 2.85. The lowest BCUT2D eigenvalue weighted by molar-refractivity contribution is -0.388. The number of imidazole rings is 1. The first-order valence-corrected chi connectivity index (χ1v) is 5.42. The van der Waals surface area contributed by atoms with Gasteiger partial charge in [0.15, 0.2) is 0 Å². The Labute approximate surface area is 105 Å². The Morgan fingerprint density at radius 2 is 2.12 bits per heavy atom. The molecule has 17 heavy (non-hydrogen) atoms. The van der Waals surface area contributed by atoms with E-state index in [0.29, 0.717) is 16.2 Å². The maximum absolute atomic E-state index is 10.8. The van der Waals surface area contributed by atoms with Crippen LogP contribution in [-0.2, 0) is 7.05 Å². The van der Waals surface area contributed by atoms with E-state index in [4.69, 9.17) is 0 Å². The van der Waals surface area contributed by atoms with Gasteiger partial charge in [-0.1, -0.05) is 0 Å². The van der Waals surface area contributed by atoms with Gasteiger partial charge < -0.3 is 15.4 Å². The lowest BCUT2D eigenvalue weighted by Crippen LogP contribution is -2.00. The SMILES string of the molecule is Cn1c(Br)nc([N+](=O)[O-])c1Nc1ccncc1. The van der Waals surface area contributed by atoms with Gasteiger partial charge in [0.05, 0.1) is 0 Å². The molecule has 0 radical (unpaired) electrons. The van der Waals surface area contributed by atoms with Crippen molar-refractivity contribution in [2.45, 2.75) is 0 Å². The summed E-state index contributed by atoms with van der Waals surface area (Å²) < 4.78 is 1.94. The summed E-state index contributed by atoms with van der Waals surface area (Å²) in [5.41, 5.74) is 0.707. The van der Waals surface area contributed by atoms with Crippen LogP contribution in [0.5, 0.6) is 0 Å². The van der Waals surface area contributed by atoms with E-state index in [-0.39, 0.29) is 5.82 Å². The number of halogens is 1. The van der Waals surface area contributed by atoms with Crippen molar-refractivity contribution in [2.24, 2.45) is 7.05 Å². The molecule has 0 bridgehead atoms. The van der Waals surface area contributed by atoms with Crippen molar-refractivity contribution in [1.29, 1.82) is 0 Å². The zero-order valence-corrected chi connectivity index (χ0v) is 10.4. The lowest BCUT2D eigenvalue weighted by atomic mass is 10.4. The average Bonchev–Trinajstić information content (AvgIpc) is 2.59. The summed E-state index contributed by atoms with van der Waals surface area (Å²) in [5.74, 6) is 0.0873. The molecule has 2 aromatic heterocycles. The van der Waals surface area contributed by atoms with E-state index in [1.165, 1.54) is 0 Å². The first-order chi connectivity index (χ1) is 8.09. The van der Waals surface area contributed by atoms with Gasteiger partial charge in [0, 0.05) is 41.1 Å². The average molecular weight is 298 g/mol. The topological polar surface area (TPSA) is 85.9 Å². The summed E-state index contributed by atoms with van der Waals surface area (Å²) in [7, 11) is 1.67. The van der Waals surface area contributed by atoms with E-state index < -0.39 is 4.92 Å². The second-order valence-corrected chi connectivity index (χ2v) is 3.94. The van der Waals surface area contributed by atoms with Gasteiger partial charge in [-0.05, 0) is 22.0 Å². The molecule has 0 amide bonds. The molecule has 0 atom stereocenters. The van der Waals surface area contributed by atoms with Crippen LogP contribution in [0, 0.1) is 10.1 Å². The van der Waals surface area contributed by atoms with E-state index in [2.05, 4.69) is 31.2 Å². The van der Waals surface area contributed by atoms with Crippen LogP contribution in [0.3, 0.4) is 0 Å². The van der Waals surface area contributed by atoms with Crippen LogP contribution in [0.25, 0.3) is 0 Å². The Bertz CT molecular complexity index is 554. The zero-order chi connectivity index (χ0) is 12.4. The fourth-order valence-electron chi connectivity index (χ4n) is 1.30. The monoisotopic (exact) mass is 297 g/mol. The quantitative estimate of drug-likeness (QED) is 0.693. The van der Waals surface area contributed by atoms with Crippen LogP contribution in [0.15, 0.2) is 29.3 Å². The molecular weight excluding hydrogens is 290 g/mol. The molecule has 0 saturated carbocycles. The van der Waals surface area contributed by atoms with Crippen molar-refractivity contribution in [3.63, 3.8) is 0 Å².